The van der Waals surface area contributed by atoms with E-state index in [4.69, 9.17) is 4.74 Å². The molecule has 0 fully saturated rings. The van der Waals surface area contributed by atoms with Crippen LogP contribution < -0.4 is 15.4 Å². The zero-order valence-electron chi connectivity index (χ0n) is 15.2. The van der Waals surface area contributed by atoms with Gasteiger partial charge in [0.05, 0.1) is 5.01 Å². The molecule has 1 aromatic carbocycles. The monoisotopic (exact) mass is 373 g/mol. The molecule has 0 aliphatic heterocycles. The summed E-state index contributed by atoms with van der Waals surface area (Å²) in [5.41, 5.74) is 3.21. The van der Waals surface area contributed by atoms with E-state index in [1.165, 1.54) is 16.9 Å². The minimum absolute atomic E-state index is 0.0913. The third kappa shape index (κ3) is 6.00. The van der Waals surface area contributed by atoms with Crippen LogP contribution in [0.4, 0.5) is 0 Å². The minimum Gasteiger partial charge on any atom is -0.484 e. The Morgan fingerprint density at radius 1 is 1.23 bits per heavy atom. The Bertz CT molecular complexity index is 814. The van der Waals surface area contributed by atoms with E-state index < -0.39 is 0 Å². The highest BCUT2D eigenvalue weighted by atomic mass is 32.1. The van der Waals surface area contributed by atoms with Crippen molar-refractivity contribution in [1.82, 2.24) is 15.6 Å². The predicted molar refractivity (Wildman–Crippen MR) is 102 cm³/mol. The minimum atomic E-state index is -0.283. The maximum absolute atomic E-state index is 11.9. The van der Waals surface area contributed by atoms with Crippen molar-refractivity contribution in [3.05, 3.63) is 57.7 Å². The molecule has 0 saturated carbocycles. The molecule has 7 heteroatoms. The van der Waals surface area contributed by atoms with Gasteiger partial charge >= 0.3 is 0 Å². The van der Waals surface area contributed by atoms with Crippen LogP contribution in [0.2, 0.25) is 0 Å². The Morgan fingerprint density at radius 2 is 2.00 bits per heavy atom. The molecular weight excluding hydrogens is 350 g/mol. The molecule has 0 atom stereocenters. The van der Waals surface area contributed by atoms with E-state index in [1.54, 1.807) is 5.38 Å². The van der Waals surface area contributed by atoms with Gasteiger partial charge in [-0.25, -0.2) is 4.98 Å². The van der Waals surface area contributed by atoms with Crippen molar-refractivity contribution in [1.29, 1.82) is 0 Å². The first-order valence-electron chi connectivity index (χ1n) is 8.23. The highest BCUT2D eigenvalue weighted by Gasteiger charge is 2.09. The molecule has 0 spiro atoms. The van der Waals surface area contributed by atoms with E-state index in [1.807, 2.05) is 39.0 Å². The summed E-state index contributed by atoms with van der Waals surface area (Å²) in [5.74, 6) is 0.140. The summed E-state index contributed by atoms with van der Waals surface area (Å²) in [5, 5.41) is 7.97. The van der Waals surface area contributed by atoms with Gasteiger partial charge in [-0.3, -0.25) is 9.59 Å². The molecule has 0 unspecified atom stereocenters. The van der Waals surface area contributed by atoms with Crippen molar-refractivity contribution in [3.8, 4) is 5.75 Å². The number of hydrogen-bond acceptors (Lipinski definition) is 5. The van der Waals surface area contributed by atoms with Gasteiger partial charge in [-0.2, -0.15) is 0 Å². The standard InChI is InChI=1S/C19H23N3O3S/c1-12-5-6-16(9-13(12)2)25-10-18(23)21-14(3)7-8-20-19(24)17-11-26-15(4)22-17/h5-6,9,11H,3,7-8,10H2,1-2,4H3,(H,20,24)(H,21,23). The van der Waals surface area contributed by atoms with Crippen LogP contribution >= 0.6 is 11.3 Å². The van der Waals surface area contributed by atoms with Gasteiger partial charge in [0.25, 0.3) is 11.8 Å². The highest BCUT2D eigenvalue weighted by Crippen LogP contribution is 2.16. The van der Waals surface area contributed by atoms with Crippen LogP contribution in [0.15, 0.2) is 35.9 Å². The zero-order chi connectivity index (χ0) is 19.1. The number of ether oxygens (including phenoxy) is 1. The van der Waals surface area contributed by atoms with E-state index in [0.29, 0.717) is 30.1 Å². The number of carbonyl (C=O) groups excluding carboxylic acids is 2. The topological polar surface area (TPSA) is 80.3 Å². The smallest absolute Gasteiger partial charge is 0.270 e. The molecule has 26 heavy (non-hydrogen) atoms. The molecule has 1 heterocycles. The number of nitrogens with zero attached hydrogens (tertiary/aromatic N) is 1. The first-order chi connectivity index (χ1) is 12.3. The number of benzene rings is 1. The van der Waals surface area contributed by atoms with Crippen molar-refractivity contribution in [2.75, 3.05) is 13.2 Å². The number of thiazole rings is 1. The average molecular weight is 373 g/mol. The molecule has 2 amide bonds. The van der Waals surface area contributed by atoms with Gasteiger partial charge in [-0.05, 0) is 44.0 Å². The molecule has 1 aromatic heterocycles. The van der Waals surface area contributed by atoms with Crippen molar-refractivity contribution >= 4 is 23.2 Å². The Labute approximate surface area is 157 Å². The van der Waals surface area contributed by atoms with Crippen molar-refractivity contribution < 1.29 is 14.3 Å². The van der Waals surface area contributed by atoms with Crippen molar-refractivity contribution in [2.24, 2.45) is 0 Å². The first kappa shape index (κ1) is 19.7. The van der Waals surface area contributed by atoms with E-state index in [0.717, 1.165) is 10.6 Å². The molecule has 0 aliphatic carbocycles. The van der Waals surface area contributed by atoms with Gasteiger partial charge in [0.1, 0.15) is 11.4 Å². The van der Waals surface area contributed by atoms with Gasteiger partial charge in [0, 0.05) is 24.0 Å². The van der Waals surface area contributed by atoms with Gasteiger partial charge in [0.15, 0.2) is 6.61 Å². The van der Waals surface area contributed by atoms with E-state index in [9.17, 15) is 9.59 Å². The summed E-state index contributed by atoms with van der Waals surface area (Å²) in [6.07, 6.45) is 0.435. The fraction of sp³-hybridized carbons (Fsp3) is 0.316. The van der Waals surface area contributed by atoms with Crippen molar-refractivity contribution in [2.45, 2.75) is 27.2 Å². The maximum atomic E-state index is 11.9. The van der Waals surface area contributed by atoms with Crippen molar-refractivity contribution in [3.63, 3.8) is 0 Å². The fourth-order valence-electron chi connectivity index (χ4n) is 2.13. The van der Waals surface area contributed by atoms with Crippen LogP contribution in [0, 0.1) is 20.8 Å². The quantitative estimate of drug-likeness (QED) is 0.746. The largest absolute Gasteiger partial charge is 0.484 e. The molecule has 0 aliphatic rings. The fourth-order valence-corrected chi connectivity index (χ4v) is 2.73. The molecule has 0 saturated heterocycles. The molecular formula is C19H23N3O3S. The second-order valence-electron chi connectivity index (χ2n) is 5.94. The lowest BCUT2D eigenvalue weighted by Crippen LogP contribution is -2.31. The van der Waals surface area contributed by atoms with Gasteiger partial charge in [0.2, 0.25) is 0 Å². The van der Waals surface area contributed by atoms with Crippen LogP contribution in [0.25, 0.3) is 0 Å². The Morgan fingerprint density at radius 3 is 2.65 bits per heavy atom. The SMILES string of the molecule is C=C(CCNC(=O)c1csc(C)n1)NC(=O)COc1ccc(C)c(C)c1. The summed E-state index contributed by atoms with van der Waals surface area (Å²) >= 11 is 1.43. The lowest BCUT2D eigenvalue weighted by molar-refractivity contribution is -0.122. The number of rotatable bonds is 8. The molecule has 138 valence electrons. The highest BCUT2D eigenvalue weighted by molar-refractivity contribution is 7.09. The maximum Gasteiger partial charge on any atom is 0.270 e. The summed E-state index contributed by atoms with van der Waals surface area (Å²) in [6.45, 7) is 9.93. The van der Waals surface area contributed by atoms with E-state index >= 15 is 0 Å². The number of aryl methyl sites for hydroxylation is 3. The predicted octanol–water partition coefficient (Wildman–Crippen LogP) is 2.90. The molecule has 0 bridgehead atoms. The van der Waals surface area contributed by atoms with Gasteiger partial charge < -0.3 is 15.4 Å². The third-order valence-corrected chi connectivity index (χ3v) is 4.50. The second-order valence-corrected chi connectivity index (χ2v) is 7.01. The summed E-state index contributed by atoms with van der Waals surface area (Å²) in [4.78, 5) is 27.9. The number of aromatic nitrogens is 1. The second kappa shape index (κ2) is 9.15. The van der Waals surface area contributed by atoms with Crippen LogP contribution in [0.5, 0.6) is 5.75 Å². The molecule has 2 N–H and O–H groups in total. The van der Waals surface area contributed by atoms with Crippen LogP contribution in [-0.4, -0.2) is 29.9 Å². The Hall–Kier alpha value is -2.67. The number of amides is 2. The van der Waals surface area contributed by atoms with Gasteiger partial charge in [-0.1, -0.05) is 12.6 Å². The number of nitrogens with one attached hydrogen (secondary N) is 2. The molecule has 0 radical (unpaired) electrons. The van der Waals surface area contributed by atoms with E-state index in [-0.39, 0.29) is 18.4 Å². The van der Waals surface area contributed by atoms with Crippen LogP contribution in [-0.2, 0) is 4.79 Å². The third-order valence-electron chi connectivity index (χ3n) is 3.73. The lowest BCUT2D eigenvalue weighted by atomic mass is 10.1. The first-order valence-corrected chi connectivity index (χ1v) is 9.11. The van der Waals surface area contributed by atoms with Crippen LogP contribution in [0.3, 0.4) is 0 Å². The van der Waals surface area contributed by atoms with Crippen LogP contribution in [0.1, 0.15) is 33.0 Å². The normalized spacial score (nSPS) is 10.3. The Balaban J connectivity index is 1.67. The molecule has 6 nitrogen and oxygen atoms in total. The molecule has 2 aromatic rings. The summed E-state index contributed by atoms with van der Waals surface area (Å²) in [6, 6.07) is 5.68. The van der Waals surface area contributed by atoms with E-state index in [2.05, 4.69) is 22.2 Å². The van der Waals surface area contributed by atoms with Gasteiger partial charge in [-0.15, -0.1) is 11.3 Å². The summed E-state index contributed by atoms with van der Waals surface area (Å²) in [7, 11) is 0. The Kier molecular flexibility index (Phi) is 6.91. The number of hydrogen-bond donors (Lipinski definition) is 2. The average Bonchev–Trinajstić information content (AvgIpc) is 3.02. The summed E-state index contributed by atoms with van der Waals surface area (Å²) < 4.78 is 5.48. The lowest BCUT2D eigenvalue weighted by Gasteiger charge is -2.11. The molecule has 2 rings (SSSR count). The number of carbonyl (C=O) groups is 2. The zero-order valence-corrected chi connectivity index (χ0v) is 16.0.